The van der Waals surface area contributed by atoms with Crippen LogP contribution in [0.5, 0.6) is 5.75 Å². The van der Waals surface area contributed by atoms with Crippen molar-refractivity contribution in [1.29, 1.82) is 10.7 Å². The molecule has 2 heterocycles. The molecular formula is C25H20N4O2S. The predicted molar refractivity (Wildman–Crippen MR) is 122 cm³/mol. The van der Waals surface area contributed by atoms with E-state index in [4.69, 9.17) is 10.1 Å². The number of nitrogens with one attached hydrogen (secondary N) is 2. The van der Waals surface area contributed by atoms with Crippen molar-refractivity contribution < 1.29 is 9.53 Å². The van der Waals surface area contributed by atoms with Gasteiger partial charge in [-0.3, -0.25) is 15.1 Å². The Morgan fingerprint density at radius 3 is 2.88 bits per heavy atom. The van der Waals surface area contributed by atoms with Gasteiger partial charge in [-0.2, -0.15) is 5.26 Å². The third-order valence-corrected chi connectivity index (χ3v) is 8.42. The Hall–Kier alpha value is -3.63. The molecule has 7 heteroatoms. The van der Waals surface area contributed by atoms with Crippen molar-refractivity contribution in [3.63, 3.8) is 0 Å². The zero-order chi connectivity index (χ0) is 22.3. The van der Waals surface area contributed by atoms with Crippen molar-refractivity contribution >= 4 is 23.2 Å². The number of carbonyl (C=O) groups excluding carboxylic acids is 1. The molecule has 1 unspecified atom stereocenters. The normalized spacial score (nSPS) is 27.2. The minimum Gasteiger partial charge on any atom is -0.497 e. The molecule has 3 atom stereocenters. The van der Waals surface area contributed by atoms with Crippen LogP contribution in [0, 0.1) is 22.7 Å². The summed E-state index contributed by atoms with van der Waals surface area (Å²) in [6, 6.07) is 17.8. The molecule has 3 aromatic rings. The summed E-state index contributed by atoms with van der Waals surface area (Å²) in [5.41, 5.74) is 3.44. The van der Waals surface area contributed by atoms with E-state index in [0.29, 0.717) is 5.56 Å². The lowest BCUT2D eigenvalue weighted by Crippen LogP contribution is -2.59. The smallest absolute Gasteiger partial charge is 0.242 e. The van der Waals surface area contributed by atoms with E-state index >= 15 is 0 Å². The fraction of sp³-hybridized carbons (Fsp3) is 0.240. The molecule has 1 spiro atoms. The number of nitrogens with zero attached hydrogens (tertiary/aromatic N) is 2. The molecule has 1 saturated heterocycles. The molecule has 6 nitrogen and oxygen atoms in total. The van der Waals surface area contributed by atoms with E-state index in [1.807, 2.05) is 36.4 Å². The number of carbonyl (C=O) groups is 1. The van der Waals surface area contributed by atoms with Crippen molar-refractivity contribution in [2.45, 2.75) is 17.4 Å². The van der Waals surface area contributed by atoms with Gasteiger partial charge >= 0.3 is 0 Å². The summed E-state index contributed by atoms with van der Waals surface area (Å²) in [6.07, 6.45) is 0.754. The molecule has 1 aromatic heterocycles. The van der Waals surface area contributed by atoms with Crippen LogP contribution < -0.4 is 10.1 Å². The molecule has 6 rings (SSSR count). The van der Waals surface area contributed by atoms with Crippen LogP contribution in [0.2, 0.25) is 0 Å². The third-order valence-electron chi connectivity index (χ3n) is 7.35. The molecule has 158 valence electrons. The molecule has 1 amide bonds. The summed E-state index contributed by atoms with van der Waals surface area (Å²) in [7, 11) is 3.32. The Morgan fingerprint density at radius 2 is 2.09 bits per heavy atom. The topological polar surface area (TPSA) is 89.2 Å². The second-order valence-corrected chi connectivity index (χ2v) is 9.54. The van der Waals surface area contributed by atoms with Gasteiger partial charge in [0.15, 0.2) is 5.96 Å². The Bertz CT molecular complexity index is 1370. The fourth-order valence-corrected chi connectivity index (χ4v) is 7.07. The molecule has 2 aromatic carbocycles. The largest absolute Gasteiger partial charge is 0.497 e. The summed E-state index contributed by atoms with van der Waals surface area (Å²) in [5.74, 6) is 0.926. The third kappa shape index (κ3) is 2.08. The SMILES string of the molecule is COc1ccc2c(c1)C[C@H]1C23C(=O)N(C)C(=N)N[C@@]13c1cc(-c2cccc(C#N)c2)cs1. The number of methoxy groups -OCH3 is 1. The molecule has 0 bridgehead atoms. The van der Waals surface area contributed by atoms with Gasteiger partial charge in [0, 0.05) is 17.8 Å². The second kappa shape index (κ2) is 6.21. The molecule has 32 heavy (non-hydrogen) atoms. The zero-order valence-electron chi connectivity index (χ0n) is 17.6. The number of nitriles is 1. The highest BCUT2D eigenvalue weighted by Gasteiger charge is 2.87. The van der Waals surface area contributed by atoms with E-state index in [0.717, 1.165) is 39.3 Å². The predicted octanol–water partition coefficient (Wildman–Crippen LogP) is 3.61. The van der Waals surface area contributed by atoms with Crippen molar-refractivity contribution in [3.8, 4) is 22.9 Å². The summed E-state index contributed by atoms with van der Waals surface area (Å²) < 4.78 is 5.40. The van der Waals surface area contributed by atoms with Crippen LogP contribution in [0.3, 0.4) is 0 Å². The number of ether oxygens (including phenoxy) is 1. The van der Waals surface area contributed by atoms with E-state index < -0.39 is 11.0 Å². The highest BCUT2D eigenvalue weighted by molar-refractivity contribution is 7.10. The van der Waals surface area contributed by atoms with Gasteiger partial charge in [0.05, 0.1) is 24.3 Å². The Labute approximate surface area is 189 Å². The maximum atomic E-state index is 13.7. The lowest BCUT2D eigenvalue weighted by Gasteiger charge is -2.37. The first-order valence-corrected chi connectivity index (χ1v) is 11.3. The second-order valence-electron chi connectivity index (χ2n) is 8.63. The van der Waals surface area contributed by atoms with Crippen LogP contribution in [0.15, 0.2) is 53.9 Å². The highest BCUT2D eigenvalue weighted by atomic mass is 32.1. The fourth-order valence-electron chi connectivity index (χ4n) is 5.87. The number of rotatable bonds is 3. The standard InChI is InChI=1S/C25H20N4O2S/c1-29-22(30)24-19-7-6-18(31-2)9-16(19)10-20(24)25(24,28-23(29)27)21-11-17(13-32-21)15-5-3-4-14(8-15)12-26/h3-9,11,13,20H,10H2,1-2H3,(H2,27,28)/t20-,24?,25+/m0/s1. The van der Waals surface area contributed by atoms with Crippen LogP contribution in [0.25, 0.3) is 11.1 Å². The minimum atomic E-state index is -0.718. The number of fused-ring (bicyclic) bond motifs is 2. The summed E-state index contributed by atoms with van der Waals surface area (Å²) >= 11 is 1.61. The maximum Gasteiger partial charge on any atom is 0.242 e. The summed E-state index contributed by atoms with van der Waals surface area (Å²) in [4.78, 5) is 16.2. The maximum absolute atomic E-state index is 13.7. The lowest BCUT2D eigenvalue weighted by molar-refractivity contribution is -0.131. The van der Waals surface area contributed by atoms with Gasteiger partial charge in [-0.05, 0) is 64.4 Å². The van der Waals surface area contributed by atoms with Gasteiger partial charge in [-0.1, -0.05) is 18.2 Å². The lowest BCUT2D eigenvalue weighted by atomic mass is 9.85. The highest BCUT2D eigenvalue weighted by Crippen LogP contribution is 2.76. The average molecular weight is 441 g/mol. The number of thiophene rings is 1. The van der Waals surface area contributed by atoms with Crippen molar-refractivity contribution in [2.24, 2.45) is 5.92 Å². The summed E-state index contributed by atoms with van der Waals surface area (Å²) in [5, 5.41) is 23.2. The Balaban J connectivity index is 1.50. The molecular weight excluding hydrogens is 420 g/mol. The first-order chi connectivity index (χ1) is 15.5. The van der Waals surface area contributed by atoms with Gasteiger partial charge < -0.3 is 10.1 Å². The van der Waals surface area contributed by atoms with Gasteiger partial charge in [-0.25, -0.2) is 0 Å². The molecule has 0 radical (unpaired) electrons. The zero-order valence-corrected chi connectivity index (χ0v) is 18.4. The number of likely N-dealkylation sites (N-methyl/N-ethyl adjacent to an activating group) is 1. The van der Waals surface area contributed by atoms with Gasteiger partial charge in [0.25, 0.3) is 0 Å². The molecule has 2 fully saturated rings. The van der Waals surface area contributed by atoms with E-state index in [1.54, 1.807) is 31.6 Å². The minimum absolute atomic E-state index is 0.0309. The van der Waals surface area contributed by atoms with Crippen molar-refractivity contribution in [2.75, 3.05) is 14.2 Å². The first-order valence-electron chi connectivity index (χ1n) is 10.4. The van der Waals surface area contributed by atoms with Crippen LogP contribution in [0.4, 0.5) is 0 Å². The first kappa shape index (κ1) is 19.1. The van der Waals surface area contributed by atoms with Crippen LogP contribution in [-0.2, 0) is 22.2 Å². The average Bonchev–Trinajstić information content (AvgIpc) is 3.17. The van der Waals surface area contributed by atoms with Gasteiger partial charge in [0.1, 0.15) is 11.2 Å². The van der Waals surface area contributed by atoms with Crippen LogP contribution >= 0.6 is 11.3 Å². The van der Waals surface area contributed by atoms with Crippen molar-refractivity contribution in [3.05, 3.63) is 75.5 Å². The number of benzene rings is 2. The monoisotopic (exact) mass is 440 g/mol. The Morgan fingerprint density at radius 1 is 1.25 bits per heavy atom. The van der Waals surface area contributed by atoms with Gasteiger partial charge in [-0.15, -0.1) is 11.3 Å². The molecule has 1 aliphatic heterocycles. The number of guanidine groups is 1. The summed E-state index contributed by atoms with van der Waals surface area (Å²) in [6.45, 7) is 0. The molecule has 2 N–H and O–H groups in total. The number of amides is 1. The number of hydrogen-bond acceptors (Lipinski definition) is 5. The molecule has 1 saturated carbocycles. The van der Waals surface area contributed by atoms with E-state index in [2.05, 4.69) is 22.8 Å². The Kier molecular flexibility index (Phi) is 3.70. The van der Waals surface area contributed by atoms with Gasteiger partial charge in [0.2, 0.25) is 5.91 Å². The molecule has 2 aliphatic carbocycles. The van der Waals surface area contributed by atoms with E-state index in [-0.39, 0.29) is 17.8 Å². The van der Waals surface area contributed by atoms with E-state index in [9.17, 15) is 10.1 Å². The quantitative estimate of drug-likeness (QED) is 0.651. The van der Waals surface area contributed by atoms with Crippen molar-refractivity contribution in [1.82, 2.24) is 10.2 Å². The van der Waals surface area contributed by atoms with Crippen LogP contribution in [-0.4, -0.2) is 30.9 Å². The van der Waals surface area contributed by atoms with Crippen LogP contribution in [0.1, 0.15) is 21.6 Å². The van der Waals surface area contributed by atoms with E-state index in [1.165, 1.54) is 4.90 Å². The molecule has 3 aliphatic rings. The number of hydrogen-bond donors (Lipinski definition) is 2.